The number of anilines is 2. The lowest BCUT2D eigenvalue weighted by molar-refractivity contribution is -0.165. The Morgan fingerprint density at radius 2 is 1.57 bits per heavy atom. The smallest absolute Gasteiger partial charge is 0.425 e. The standard InChI is InChI=1S/C29H32N4O9/c1-28(2,3)40-26(38)33(27(39)41-29(4,5)6)22-18-14-16(12-13-20(18)42-31-22)15-19-21(24(35)36)32(23(19)34)25(37)30-17-10-8-7-9-11-17/h7-14,19,21H,15H2,1-6H3,(H,30,37)(H,35,36)/t19-,21+/m1/s1. The minimum absolute atomic E-state index is 0.0512. The Bertz CT molecular complexity index is 1510. The molecule has 222 valence electrons. The molecule has 0 bridgehead atoms. The van der Waals surface area contributed by atoms with Gasteiger partial charge < -0.3 is 24.4 Å². The van der Waals surface area contributed by atoms with Crippen LogP contribution in [0, 0.1) is 5.92 Å². The number of carboxylic acids is 1. The average molecular weight is 581 g/mol. The van der Waals surface area contributed by atoms with Gasteiger partial charge in [0.1, 0.15) is 11.2 Å². The molecule has 2 N–H and O–H groups in total. The van der Waals surface area contributed by atoms with Crippen LogP contribution < -0.4 is 10.2 Å². The Labute approximate surface area is 241 Å². The summed E-state index contributed by atoms with van der Waals surface area (Å²) in [5.74, 6) is -3.24. The molecule has 4 rings (SSSR count). The van der Waals surface area contributed by atoms with Crippen molar-refractivity contribution < 1.29 is 43.1 Å². The molecule has 13 nitrogen and oxygen atoms in total. The molecule has 2 aromatic carbocycles. The van der Waals surface area contributed by atoms with Gasteiger partial charge in [-0.05, 0) is 77.8 Å². The van der Waals surface area contributed by atoms with Gasteiger partial charge in [-0.1, -0.05) is 29.4 Å². The van der Waals surface area contributed by atoms with Crippen LogP contribution in [0.3, 0.4) is 0 Å². The lowest BCUT2D eigenvalue weighted by Crippen LogP contribution is -2.67. The van der Waals surface area contributed by atoms with Crippen molar-refractivity contribution in [1.82, 2.24) is 10.1 Å². The molecule has 1 saturated heterocycles. The molecule has 5 amide bonds. The second-order valence-corrected chi connectivity index (χ2v) is 11.7. The maximum atomic E-state index is 13.1. The van der Waals surface area contributed by atoms with Crippen LogP contribution in [0.1, 0.15) is 47.1 Å². The molecule has 42 heavy (non-hydrogen) atoms. The highest BCUT2D eigenvalue weighted by Crippen LogP contribution is 2.34. The highest BCUT2D eigenvalue weighted by Gasteiger charge is 2.54. The van der Waals surface area contributed by atoms with Gasteiger partial charge in [0.15, 0.2) is 17.4 Å². The largest absolute Gasteiger partial charge is 0.480 e. The summed E-state index contributed by atoms with van der Waals surface area (Å²) in [5.41, 5.74) is -0.792. The van der Waals surface area contributed by atoms with E-state index in [9.17, 15) is 29.1 Å². The van der Waals surface area contributed by atoms with E-state index in [1.807, 2.05) is 0 Å². The summed E-state index contributed by atoms with van der Waals surface area (Å²) >= 11 is 0. The predicted molar refractivity (Wildman–Crippen MR) is 150 cm³/mol. The van der Waals surface area contributed by atoms with Crippen LogP contribution in [0.5, 0.6) is 0 Å². The third-order valence-electron chi connectivity index (χ3n) is 6.05. The molecule has 13 heteroatoms. The number of hydrogen-bond acceptors (Lipinski definition) is 9. The summed E-state index contributed by atoms with van der Waals surface area (Å²) in [6.07, 6.45) is -2.14. The molecular weight excluding hydrogens is 548 g/mol. The quantitative estimate of drug-likeness (QED) is 0.383. The van der Waals surface area contributed by atoms with Crippen LogP contribution in [0.4, 0.5) is 25.9 Å². The number of carbonyl (C=O) groups excluding carboxylic acids is 4. The van der Waals surface area contributed by atoms with Crippen LogP contribution in [0.2, 0.25) is 0 Å². The first kappa shape index (κ1) is 30.0. The minimum Gasteiger partial charge on any atom is -0.480 e. The van der Waals surface area contributed by atoms with Gasteiger partial charge in [-0.25, -0.2) is 24.1 Å². The van der Waals surface area contributed by atoms with E-state index in [1.165, 1.54) is 12.1 Å². The summed E-state index contributed by atoms with van der Waals surface area (Å²) < 4.78 is 16.2. The summed E-state index contributed by atoms with van der Waals surface area (Å²) in [6, 6.07) is 10.7. The molecule has 1 aliphatic heterocycles. The fourth-order valence-electron chi connectivity index (χ4n) is 4.34. The molecule has 0 radical (unpaired) electrons. The lowest BCUT2D eigenvalue weighted by Gasteiger charge is -2.42. The average Bonchev–Trinajstić information content (AvgIpc) is 3.26. The molecule has 1 aliphatic rings. The number of nitrogens with one attached hydrogen (secondary N) is 1. The third kappa shape index (κ3) is 6.51. The van der Waals surface area contributed by atoms with Crippen molar-refractivity contribution in [2.24, 2.45) is 5.92 Å². The van der Waals surface area contributed by atoms with E-state index >= 15 is 0 Å². The number of amides is 5. The first-order chi connectivity index (χ1) is 19.6. The zero-order chi connectivity index (χ0) is 31.0. The van der Waals surface area contributed by atoms with E-state index in [-0.39, 0.29) is 23.2 Å². The van der Waals surface area contributed by atoms with Crippen molar-refractivity contribution in [3.8, 4) is 0 Å². The number of imide groups is 2. The molecule has 0 spiro atoms. The highest BCUT2D eigenvalue weighted by molar-refractivity contribution is 6.13. The van der Waals surface area contributed by atoms with Crippen molar-refractivity contribution in [1.29, 1.82) is 0 Å². The number of aromatic nitrogens is 1. The topological polar surface area (TPSA) is 169 Å². The summed E-state index contributed by atoms with van der Waals surface area (Å²) in [7, 11) is 0. The predicted octanol–water partition coefficient (Wildman–Crippen LogP) is 5.19. The number of urea groups is 1. The number of β-lactam (4-membered cyclic amide) rings is 1. The second kappa shape index (κ2) is 11.1. The summed E-state index contributed by atoms with van der Waals surface area (Å²) in [4.78, 5) is 65.3. The van der Waals surface area contributed by atoms with Crippen LogP contribution >= 0.6 is 0 Å². The monoisotopic (exact) mass is 580 g/mol. The highest BCUT2D eigenvalue weighted by atomic mass is 16.6. The van der Waals surface area contributed by atoms with E-state index < -0.39 is 53.3 Å². The lowest BCUT2D eigenvalue weighted by atomic mass is 9.82. The van der Waals surface area contributed by atoms with Gasteiger partial charge in [-0.3, -0.25) is 4.79 Å². The van der Waals surface area contributed by atoms with Crippen molar-refractivity contribution in [2.75, 3.05) is 10.2 Å². The number of para-hydroxylation sites is 1. The van der Waals surface area contributed by atoms with E-state index in [2.05, 4.69) is 10.5 Å². The van der Waals surface area contributed by atoms with Crippen molar-refractivity contribution in [3.63, 3.8) is 0 Å². The van der Waals surface area contributed by atoms with Crippen molar-refractivity contribution in [3.05, 3.63) is 54.1 Å². The van der Waals surface area contributed by atoms with Crippen LogP contribution in [0.15, 0.2) is 53.1 Å². The van der Waals surface area contributed by atoms with Gasteiger partial charge in [-0.2, -0.15) is 4.90 Å². The number of rotatable bonds is 5. The number of carbonyl (C=O) groups is 5. The third-order valence-corrected chi connectivity index (χ3v) is 6.05. The van der Waals surface area contributed by atoms with Gasteiger partial charge in [0.2, 0.25) is 5.91 Å². The fraction of sp³-hybridized carbons (Fsp3) is 0.379. The number of likely N-dealkylation sites (tertiary alicyclic amines) is 1. The number of carboxylic acid groups (broad SMARTS) is 1. The Morgan fingerprint density at radius 3 is 2.12 bits per heavy atom. The van der Waals surface area contributed by atoms with Gasteiger partial charge in [0.05, 0.1) is 11.3 Å². The summed E-state index contributed by atoms with van der Waals surface area (Å²) in [6.45, 7) is 9.80. The number of hydrogen-bond donors (Lipinski definition) is 2. The van der Waals surface area contributed by atoms with Gasteiger partial charge in [0.25, 0.3) is 0 Å². The Hall–Kier alpha value is -4.94. The van der Waals surface area contributed by atoms with Crippen molar-refractivity contribution in [2.45, 2.75) is 65.2 Å². The molecule has 0 unspecified atom stereocenters. The second-order valence-electron chi connectivity index (χ2n) is 11.7. The van der Waals surface area contributed by atoms with Crippen LogP contribution in [-0.2, 0) is 25.5 Å². The number of fused-ring (bicyclic) bond motifs is 1. The number of benzene rings is 2. The Balaban J connectivity index is 1.62. The molecule has 2 atom stereocenters. The van der Waals surface area contributed by atoms with E-state index in [4.69, 9.17) is 14.0 Å². The SMILES string of the molecule is CC(C)(C)OC(=O)N(C(=O)OC(C)(C)C)c1noc2ccc(C[C@H]3C(=O)N(C(=O)Nc4ccccc4)[C@@H]3C(=O)O)cc12. The normalized spacial score (nSPS) is 16.9. The molecule has 1 aromatic heterocycles. The Morgan fingerprint density at radius 1 is 0.976 bits per heavy atom. The van der Waals surface area contributed by atoms with Crippen molar-refractivity contribution >= 4 is 52.6 Å². The first-order valence-electron chi connectivity index (χ1n) is 13.1. The summed E-state index contributed by atoms with van der Waals surface area (Å²) in [5, 5.41) is 16.5. The number of aliphatic carboxylic acids is 1. The molecular formula is C29H32N4O9. The van der Waals surface area contributed by atoms with Gasteiger partial charge >= 0.3 is 24.2 Å². The van der Waals surface area contributed by atoms with E-state index in [0.717, 1.165) is 0 Å². The van der Waals surface area contributed by atoms with Gasteiger partial charge in [-0.15, -0.1) is 0 Å². The van der Waals surface area contributed by atoms with Crippen LogP contribution in [-0.4, -0.2) is 62.5 Å². The first-order valence-corrected chi connectivity index (χ1v) is 13.1. The maximum Gasteiger partial charge on any atom is 0.425 e. The number of nitrogens with zero attached hydrogens (tertiary/aromatic N) is 3. The molecule has 3 aromatic rings. The molecule has 0 aliphatic carbocycles. The Kier molecular flexibility index (Phi) is 7.97. The fourth-order valence-corrected chi connectivity index (χ4v) is 4.34. The minimum atomic E-state index is -1.40. The molecule has 1 fully saturated rings. The van der Waals surface area contributed by atoms with Crippen LogP contribution in [0.25, 0.3) is 11.0 Å². The van der Waals surface area contributed by atoms with E-state index in [1.54, 1.807) is 77.9 Å². The zero-order valence-electron chi connectivity index (χ0n) is 24.0. The molecule has 0 saturated carbocycles. The zero-order valence-corrected chi connectivity index (χ0v) is 24.0. The molecule has 2 heterocycles. The maximum absolute atomic E-state index is 13.1. The van der Waals surface area contributed by atoms with Gasteiger partial charge in [0, 0.05) is 5.69 Å². The number of ether oxygens (including phenoxy) is 2. The van der Waals surface area contributed by atoms with E-state index in [0.29, 0.717) is 21.1 Å².